The maximum absolute atomic E-state index is 13.2. The van der Waals surface area contributed by atoms with Crippen LogP contribution in [0, 0.1) is 0 Å². The molecule has 2 aromatic rings. The number of carbonyl (C=O) groups excluding carboxylic acids is 1. The molecular formula is C16H16F3N3OS. The number of aromatic nitrogens is 2. The zero-order chi connectivity index (χ0) is 17.2. The standard InChI is InChI=1S/C16H16F3N3OS/c17-16(18,19)13-5-2-1-4-12(13)15-22(14(23)10-24-15)8-3-7-21-9-6-20-11-21/h1-2,4-6,9,11,15H,3,7-8,10H2. The van der Waals surface area contributed by atoms with E-state index in [1.807, 2.05) is 10.8 Å². The van der Waals surface area contributed by atoms with E-state index >= 15 is 0 Å². The highest BCUT2D eigenvalue weighted by molar-refractivity contribution is 8.00. The third-order valence-corrected chi connectivity index (χ3v) is 5.11. The van der Waals surface area contributed by atoms with Crippen LogP contribution in [0.3, 0.4) is 0 Å². The van der Waals surface area contributed by atoms with Crippen LogP contribution < -0.4 is 0 Å². The largest absolute Gasteiger partial charge is 0.416 e. The summed E-state index contributed by atoms with van der Waals surface area (Å²) in [7, 11) is 0. The van der Waals surface area contributed by atoms with Crippen LogP contribution >= 0.6 is 11.8 Å². The van der Waals surface area contributed by atoms with Crippen LogP contribution in [-0.4, -0.2) is 32.7 Å². The summed E-state index contributed by atoms with van der Waals surface area (Å²) in [6.07, 6.45) is 1.39. The van der Waals surface area contributed by atoms with Gasteiger partial charge in [0.1, 0.15) is 5.37 Å². The molecule has 1 aliphatic heterocycles. The molecule has 1 unspecified atom stereocenters. The van der Waals surface area contributed by atoms with Crippen LogP contribution in [0.5, 0.6) is 0 Å². The minimum atomic E-state index is -4.43. The first kappa shape index (κ1) is 16.9. The summed E-state index contributed by atoms with van der Waals surface area (Å²) < 4.78 is 41.6. The van der Waals surface area contributed by atoms with Gasteiger partial charge in [0.15, 0.2) is 0 Å². The molecule has 24 heavy (non-hydrogen) atoms. The van der Waals surface area contributed by atoms with Crippen LogP contribution in [0.15, 0.2) is 43.0 Å². The van der Waals surface area contributed by atoms with E-state index in [2.05, 4.69) is 4.98 Å². The molecule has 0 N–H and O–H groups in total. The Bertz CT molecular complexity index is 703. The Hall–Kier alpha value is -1.96. The number of benzene rings is 1. The third kappa shape index (κ3) is 3.58. The molecule has 1 aliphatic rings. The summed E-state index contributed by atoms with van der Waals surface area (Å²) in [5.74, 6) is 0.0923. The van der Waals surface area contributed by atoms with Crippen molar-refractivity contribution in [3.63, 3.8) is 0 Å². The second-order valence-corrected chi connectivity index (χ2v) is 6.56. The lowest BCUT2D eigenvalue weighted by Gasteiger charge is -2.26. The fourth-order valence-corrected chi connectivity index (χ4v) is 4.02. The summed E-state index contributed by atoms with van der Waals surface area (Å²) in [5, 5.41) is -0.585. The molecule has 0 aliphatic carbocycles. The van der Waals surface area contributed by atoms with E-state index in [1.54, 1.807) is 23.5 Å². The fourth-order valence-electron chi connectivity index (χ4n) is 2.77. The molecule has 3 rings (SSSR count). The van der Waals surface area contributed by atoms with Crippen LogP contribution in [-0.2, 0) is 17.5 Å². The highest BCUT2D eigenvalue weighted by Crippen LogP contribution is 2.44. The average Bonchev–Trinajstić information content (AvgIpc) is 3.17. The molecule has 1 aromatic carbocycles. The summed E-state index contributed by atoms with van der Waals surface area (Å²) in [6.45, 7) is 1.09. The number of carbonyl (C=O) groups is 1. The van der Waals surface area contributed by atoms with Crippen molar-refractivity contribution in [1.29, 1.82) is 0 Å². The van der Waals surface area contributed by atoms with Gasteiger partial charge in [0.2, 0.25) is 5.91 Å². The molecule has 0 spiro atoms. The first-order chi connectivity index (χ1) is 11.5. The van der Waals surface area contributed by atoms with Gasteiger partial charge >= 0.3 is 6.18 Å². The van der Waals surface area contributed by atoms with Gasteiger partial charge in [0, 0.05) is 25.5 Å². The van der Waals surface area contributed by atoms with Crippen molar-refractivity contribution >= 4 is 17.7 Å². The van der Waals surface area contributed by atoms with Gasteiger partial charge in [-0.3, -0.25) is 4.79 Å². The molecule has 1 fully saturated rings. The fraction of sp³-hybridized carbons (Fsp3) is 0.375. The van der Waals surface area contributed by atoms with Crippen molar-refractivity contribution in [3.8, 4) is 0 Å². The number of amides is 1. The molecule has 128 valence electrons. The normalized spacial score (nSPS) is 18.4. The van der Waals surface area contributed by atoms with Crippen molar-refractivity contribution in [2.24, 2.45) is 0 Å². The molecule has 4 nitrogen and oxygen atoms in total. The van der Waals surface area contributed by atoms with E-state index in [-0.39, 0.29) is 17.2 Å². The first-order valence-electron chi connectivity index (χ1n) is 7.50. The highest BCUT2D eigenvalue weighted by Gasteiger charge is 2.40. The van der Waals surface area contributed by atoms with Crippen molar-refractivity contribution in [3.05, 3.63) is 54.1 Å². The van der Waals surface area contributed by atoms with Crippen LogP contribution in [0.25, 0.3) is 0 Å². The third-order valence-electron chi connectivity index (χ3n) is 3.87. The molecule has 1 aromatic heterocycles. The van der Waals surface area contributed by atoms with Crippen LogP contribution in [0.1, 0.15) is 22.9 Å². The van der Waals surface area contributed by atoms with Gasteiger partial charge in [-0.2, -0.15) is 13.2 Å². The van der Waals surface area contributed by atoms with Crippen LogP contribution in [0.2, 0.25) is 0 Å². The second-order valence-electron chi connectivity index (χ2n) is 5.49. The summed E-state index contributed by atoms with van der Waals surface area (Å²) in [4.78, 5) is 17.6. The van der Waals surface area contributed by atoms with Gasteiger partial charge in [-0.15, -0.1) is 11.8 Å². The Balaban J connectivity index is 1.76. The molecule has 1 saturated heterocycles. The topological polar surface area (TPSA) is 38.1 Å². The van der Waals surface area contributed by atoms with Crippen LogP contribution in [0.4, 0.5) is 13.2 Å². The number of hydrogen-bond donors (Lipinski definition) is 0. The predicted octanol–water partition coefficient (Wildman–Crippen LogP) is 3.57. The van der Waals surface area contributed by atoms with Crippen molar-refractivity contribution in [2.75, 3.05) is 12.3 Å². The lowest BCUT2D eigenvalue weighted by Crippen LogP contribution is -2.30. The lowest BCUT2D eigenvalue weighted by molar-refractivity contribution is -0.139. The molecule has 0 radical (unpaired) electrons. The number of alkyl halides is 3. The molecule has 1 atom stereocenters. The number of imidazole rings is 1. The summed E-state index contributed by atoms with van der Waals surface area (Å²) >= 11 is 1.25. The monoisotopic (exact) mass is 355 g/mol. The molecule has 2 heterocycles. The number of rotatable bonds is 5. The Morgan fingerprint density at radius 1 is 1.25 bits per heavy atom. The summed E-state index contributed by atoms with van der Waals surface area (Å²) in [5.41, 5.74) is -0.514. The second kappa shape index (κ2) is 6.88. The van der Waals surface area contributed by atoms with Crippen molar-refractivity contribution in [2.45, 2.75) is 24.5 Å². The van der Waals surface area contributed by atoms with E-state index in [1.165, 1.54) is 23.9 Å². The SMILES string of the molecule is O=C1CSC(c2ccccc2C(F)(F)F)N1CCCn1ccnc1. The van der Waals surface area contributed by atoms with Crippen molar-refractivity contribution < 1.29 is 18.0 Å². The van der Waals surface area contributed by atoms with Gasteiger partial charge in [-0.1, -0.05) is 18.2 Å². The number of nitrogens with zero attached hydrogens (tertiary/aromatic N) is 3. The van der Waals surface area contributed by atoms with E-state index in [0.717, 1.165) is 6.07 Å². The Labute approximate surface area is 141 Å². The predicted molar refractivity (Wildman–Crippen MR) is 85.2 cm³/mol. The number of thioether (sulfide) groups is 1. The molecule has 1 amide bonds. The van der Waals surface area contributed by atoms with Gasteiger partial charge in [0.05, 0.1) is 17.6 Å². The summed E-state index contributed by atoms with van der Waals surface area (Å²) in [6, 6.07) is 5.49. The molecular weight excluding hydrogens is 339 g/mol. The molecule has 0 saturated carbocycles. The molecule has 8 heteroatoms. The minimum absolute atomic E-state index is 0.118. The van der Waals surface area contributed by atoms with Gasteiger partial charge in [-0.25, -0.2) is 4.98 Å². The van der Waals surface area contributed by atoms with Gasteiger partial charge in [0.25, 0.3) is 0 Å². The number of aryl methyl sites for hydroxylation is 1. The van der Waals surface area contributed by atoms with E-state index < -0.39 is 17.1 Å². The quantitative estimate of drug-likeness (QED) is 0.823. The van der Waals surface area contributed by atoms with E-state index in [0.29, 0.717) is 19.5 Å². The van der Waals surface area contributed by atoms with Gasteiger partial charge < -0.3 is 9.47 Å². The Morgan fingerprint density at radius 3 is 2.75 bits per heavy atom. The van der Waals surface area contributed by atoms with E-state index in [4.69, 9.17) is 0 Å². The Kier molecular flexibility index (Phi) is 4.84. The number of hydrogen-bond acceptors (Lipinski definition) is 3. The lowest BCUT2D eigenvalue weighted by atomic mass is 10.1. The zero-order valence-corrected chi connectivity index (χ0v) is 13.6. The molecule has 0 bridgehead atoms. The Morgan fingerprint density at radius 2 is 2.04 bits per heavy atom. The maximum Gasteiger partial charge on any atom is 0.416 e. The van der Waals surface area contributed by atoms with Gasteiger partial charge in [-0.05, 0) is 18.1 Å². The smallest absolute Gasteiger partial charge is 0.337 e. The van der Waals surface area contributed by atoms with E-state index in [9.17, 15) is 18.0 Å². The first-order valence-corrected chi connectivity index (χ1v) is 8.54. The maximum atomic E-state index is 13.2. The minimum Gasteiger partial charge on any atom is -0.337 e. The number of halogens is 3. The highest BCUT2D eigenvalue weighted by atomic mass is 32.2. The average molecular weight is 355 g/mol. The zero-order valence-electron chi connectivity index (χ0n) is 12.7. The van der Waals surface area contributed by atoms with Crippen molar-refractivity contribution in [1.82, 2.24) is 14.5 Å².